The van der Waals surface area contributed by atoms with Gasteiger partial charge in [0.1, 0.15) is 5.54 Å². The highest BCUT2D eigenvalue weighted by Crippen LogP contribution is 2.38. The summed E-state index contributed by atoms with van der Waals surface area (Å²) in [6.07, 6.45) is 3.94. The number of amides is 2. The fourth-order valence-corrected chi connectivity index (χ4v) is 3.04. The van der Waals surface area contributed by atoms with Gasteiger partial charge in [0.15, 0.2) is 0 Å². The third-order valence-electron chi connectivity index (χ3n) is 5.01. The minimum Gasteiger partial charge on any atom is -0.480 e. The summed E-state index contributed by atoms with van der Waals surface area (Å²) in [5, 5.41) is 12.3. The van der Waals surface area contributed by atoms with Gasteiger partial charge < -0.3 is 15.3 Å². The zero-order valence-electron chi connectivity index (χ0n) is 12.7. The summed E-state index contributed by atoms with van der Waals surface area (Å²) < 4.78 is 0. The first-order valence-electron chi connectivity index (χ1n) is 7.61. The molecule has 2 N–H and O–H groups in total. The summed E-state index contributed by atoms with van der Waals surface area (Å²) in [5.41, 5.74) is -1.06. The molecule has 0 aromatic carbocycles. The summed E-state index contributed by atoms with van der Waals surface area (Å²) >= 11 is 0. The molecular formula is C15H26N2O3. The van der Waals surface area contributed by atoms with E-state index in [9.17, 15) is 14.7 Å². The van der Waals surface area contributed by atoms with E-state index in [1.807, 2.05) is 0 Å². The van der Waals surface area contributed by atoms with Crippen LogP contribution in [0.25, 0.3) is 0 Å². The van der Waals surface area contributed by atoms with E-state index in [1.165, 1.54) is 6.42 Å². The number of nitrogens with zero attached hydrogens (tertiary/aromatic N) is 1. The molecule has 2 rings (SSSR count). The number of nitrogens with one attached hydrogen (secondary N) is 1. The standard InChI is InChI=1S/C15H26N2O3/c1-10-4-6-15(7-5-10,13(18)19)16-14(20)17(3)9-12-8-11(12)2/h10-12H,4-9H2,1-3H3,(H,16,20)(H,18,19). The summed E-state index contributed by atoms with van der Waals surface area (Å²) in [6.45, 7) is 5.03. The maximum absolute atomic E-state index is 12.2. The zero-order valence-corrected chi connectivity index (χ0v) is 12.7. The van der Waals surface area contributed by atoms with Gasteiger partial charge in [-0.2, -0.15) is 0 Å². The zero-order chi connectivity index (χ0) is 14.9. The molecule has 5 heteroatoms. The van der Waals surface area contributed by atoms with Crippen molar-refractivity contribution in [1.29, 1.82) is 0 Å². The largest absolute Gasteiger partial charge is 0.480 e. The minimum atomic E-state index is -1.06. The molecule has 5 nitrogen and oxygen atoms in total. The van der Waals surface area contributed by atoms with Crippen molar-refractivity contribution in [2.75, 3.05) is 13.6 Å². The van der Waals surface area contributed by atoms with E-state index >= 15 is 0 Å². The SMILES string of the molecule is CC1CCC(NC(=O)N(C)CC2CC2C)(C(=O)O)CC1. The maximum Gasteiger partial charge on any atom is 0.329 e. The molecule has 0 radical (unpaired) electrons. The van der Waals surface area contributed by atoms with Crippen LogP contribution in [0.2, 0.25) is 0 Å². The van der Waals surface area contributed by atoms with Crippen molar-refractivity contribution in [3.63, 3.8) is 0 Å². The van der Waals surface area contributed by atoms with Gasteiger partial charge in [-0.3, -0.25) is 0 Å². The third kappa shape index (κ3) is 3.25. The van der Waals surface area contributed by atoms with E-state index in [0.717, 1.165) is 19.4 Å². The first-order valence-corrected chi connectivity index (χ1v) is 7.61. The van der Waals surface area contributed by atoms with Gasteiger partial charge >= 0.3 is 12.0 Å². The predicted octanol–water partition coefficient (Wildman–Crippen LogP) is 2.32. The van der Waals surface area contributed by atoms with Gasteiger partial charge in [0, 0.05) is 13.6 Å². The number of carbonyl (C=O) groups excluding carboxylic acids is 1. The van der Waals surface area contributed by atoms with Crippen molar-refractivity contribution < 1.29 is 14.7 Å². The first-order chi connectivity index (χ1) is 9.34. The van der Waals surface area contributed by atoms with E-state index < -0.39 is 11.5 Å². The van der Waals surface area contributed by atoms with Crippen LogP contribution in [0.15, 0.2) is 0 Å². The Morgan fingerprint density at radius 1 is 1.30 bits per heavy atom. The van der Waals surface area contributed by atoms with Crippen molar-refractivity contribution >= 4 is 12.0 Å². The smallest absolute Gasteiger partial charge is 0.329 e. The average molecular weight is 282 g/mol. The maximum atomic E-state index is 12.2. The van der Waals surface area contributed by atoms with Gasteiger partial charge in [0.25, 0.3) is 0 Å². The second kappa shape index (κ2) is 5.62. The van der Waals surface area contributed by atoms with E-state index in [4.69, 9.17) is 0 Å². The quantitative estimate of drug-likeness (QED) is 0.831. The number of hydrogen-bond acceptors (Lipinski definition) is 2. The number of carbonyl (C=O) groups is 2. The third-order valence-corrected chi connectivity index (χ3v) is 5.01. The lowest BCUT2D eigenvalue weighted by Gasteiger charge is -2.37. The van der Waals surface area contributed by atoms with Crippen LogP contribution in [0.3, 0.4) is 0 Å². The van der Waals surface area contributed by atoms with Crippen LogP contribution in [0.1, 0.15) is 46.0 Å². The van der Waals surface area contributed by atoms with Gasteiger partial charge in [0.05, 0.1) is 0 Å². The fraction of sp³-hybridized carbons (Fsp3) is 0.867. The molecule has 2 amide bonds. The fourth-order valence-electron chi connectivity index (χ4n) is 3.04. The van der Waals surface area contributed by atoms with Crippen LogP contribution in [0.5, 0.6) is 0 Å². The highest BCUT2D eigenvalue weighted by Gasteiger charge is 2.43. The molecule has 2 saturated carbocycles. The van der Waals surface area contributed by atoms with Crippen molar-refractivity contribution in [2.45, 2.75) is 51.5 Å². The van der Waals surface area contributed by atoms with Crippen LogP contribution < -0.4 is 5.32 Å². The number of carboxylic acids is 1. The number of carboxylic acid groups (broad SMARTS) is 1. The van der Waals surface area contributed by atoms with Crippen LogP contribution >= 0.6 is 0 Å². The van der Waals surface area contributed by atoms with E-state index in [0.29, 0.717) is 30.6 Å². The summed E-state index contributed by atoms with van der Waals surface area (Å²) in [4.78, 5) is 25.5. The van der Waals surface area contributed by atoms with Gasteiger partial charge in [-0.15, -0.1) is 0 Å². The van der Waals surface area contributed by atoms with Crippen molar-refractivity contribution in [2.24, 2.45) is 17.8 Å². The number of aliphatic carboxylic acids is 1. The van der Waals surface area contributed by atoms with Crippen LogP contribution in [-0.4, -0.2) is 41.1 Å². The molecule has 114 valence electrons. The minimum absolute atomic E-state index is 0.249. The molecule has 0 bridgehead atoms. The van der Waals surface area contributed by atoms with Crippen LogP contribution in [0.4, 0.5) is 4.79 Å². The highest BCUT2D eigenvalue weighted by molar-refractivity contribution is 5.86. The molecule has 0 heterocycles. The Labute approximate surface area is 120 Å². The molecule has 0 spiro atoms. The Morgan fingerprint density at radius 3 is 2.30 bits per heavy atom. The molecule has 2 fully saturated rings. The normalized spacial score (nSPS) is 36.2. The van der Waals surface area contributed by atoms with Crippen molar-refractivity contribution in [3.05, 3.63) is 0 Å². The lowest BCUT2D eigenvalue weighted by Crippen LogP contribution is -2.58. The summed E-state index contributed by atoms with van der Waals surface area (Å²) in [7, 11) is 1.75. The molecule has 2 unspecified atom stereocenters. The molecule has 2 aliphatic rings. The molecule has 0 aromatic rings. The Balaban J connectivity index is 1.93. The van der Waals surface area contributed by atoms with Crippen LogP contribution in [0, 0.1) is 17.8 Å². The molecular weight excluding hydrogens is 256 g/mol. The van der Waals surface area contributed by atoms with Gasteiger partial charge in [-0.05, 0) is 49.9 Å². The van der Waals surface area contributed by atoms with Crippen molar-refractivity contribution in [3.8, 4) is 0 Å². The Morgan fingerprint density at radius 2 is 1.85 bits per heavy atom. The molecule has 2 aliphatic carbocycles. The molecule has 0 aromatic heterocycles. The van der Waals surface area contributed by atoms with E-state index in [1.54, 1.807) is 11.9 Å². The number of hydrogen-bond donors (Lipinski definition) is 2. The lowest BCUT2D eigenvalue weighted by molar-refractivity contribution is -0.146. The summed E-state index contributed by atoms with van der Waals surface area (Å²) in [6, 6.07) is -0.249. The number of rotatable bonds is 4. The molecule has 20 heavy (non-hydrogen) atoms. The Kier molecular flexibility index (Phi) is 4.25. The Bertz CT molecular complexity index is 389. The Hall–Kier alpha value is -1.26. The molecule has 2 atom stereocenters. The molecule has 0 aliphatic heterocycles. The topological polar surface area (TPSA) is 69.6 Å². The second-order valence-corrected chi connectivity index (χ2v) is 6.85. The van der Waals surface area contributed by atoms with Crippen molar-refractivity contribution in [1.82, 2.24) is 10.2 Å². The second-order valence-electron chi connectivity index (χ2n) is 6.85. The highest BCUT2D eigenvalue weighted by atomic mass is 16.4. The van der Waals surface area contributed by atoms with Gasteiger partial charge in [-0.1, -0.05) is 13.8 Å². The van der Waals surface area contributed by atoms with Gasteiger partial charge in [0.2, 0.25) is 0 Å². The van der Waals surface area contributed by atoms with E-state index in [-0.39, 0.29) is 6.03 Å². The molecule has 0 saturated heterocycles. The monoisotopic (exact) mass is 282 g/mol. The first kappa shape index (κ1) is 15.1. The predicted molar refractivity (Wildman–Crippen MR) is 76.4 cm³/mol. The number of urea groups is 1. The van der Waals surface area contributed by atoms with E-state index in [2.05, 4.69) is 19.2 Å². The lowest BCUT2D eigenvalue weighted by atomic mass is 9.77. The summed E-state index contributed by atoms with van der Waals surface area (Å²) in [5.74, 6) is 0.919. The van der Waals surface area contributed by atoms with Gasteiger partial charge in [-0.25, -0.2) is 9.59 Å². The average Bonchev–Trinajstić information content (AvgIpc) is 3.07. The van der Waals surface area contributed by atoms with Crippen LogP contribution in [-0.2, 0) is 4.79 Å².